The van der Waals surface area contributed by atoms with Gasteiger partial charge in [-0.2, -0.15) is 0 Å². The molecule has 112 valence electrons. The Kier molecular flexibility index (Phi) is 6.72. The molecule has 0 bridgehead atoms. The number of benzene rings is 1. The van der Waals surface area contributed by atoms with E-state index in [1.807, 2.05) is 0 Å². The van der Waals surface area contributed by atoms with Crippen LogP contribution in [-0.4, -0.2) is 25.0 Å². The smallest absolute Gasteiger partial charge is 0.224 e. The number of hydrogen-bond acceptors (Lipinski definition) is 2. The van der Waals surface area contributed by atoms with Gasteiger partial charge < -0.3 is 10.6 Å². The molecular formula is C14H19Cl2FN2O. The van der Waals surface area contributed by atoms with E-state index in [4.69, 9.17) is 11.6 Å². The first kappa shape index (κ1) is 17.2. The summed E-state index contributed by atoms with van der Waals surface area (Å²) < 4.78 is 13.6. The van der Waals surface area contributed by atoms with Crippen molar-refractivity contribution in [3.63, 3.8) is 0 Å². The summed E-state index contributed by atoms with van der Waals surface area (Å²) in [5, 5.41) is 6.48. The zero-order chi connectivity index (χ0) is 13.8. The molecule has 0 saturated carbocycles. The molecule has 0 radical (unpaired) electrons. The van der Waals surface area contributed by atoms with E-state index in [1.54, 1.807) is 6.07 Å². The van der Waals surface area contributed by atoms with Gasteiger partial charge in [-0.3, -0.25) is 4.79 Å². The molecule has 2 N–H and O–H groups in total. The Morgan fingerprint density at radius 1 is 1.55 bits per heavy atom. The molecule has 1 heterocycles. The molecule has 1 saturated heterocycles. The highest BCUT2D eigenvalue weighted by Crippen LogP contribution is 2.19. The Morgan fingerprint density at radius 2 is 2.30 bits per heavy atom. The molecule has 20 heavy (non-hydrogen) atoms. The lowest BCUT2D eigenvalue weighted by Crippen LogP contribution is -2.50. The van der Waals surface area contributed by atoms with E-state index in [2.05, 4.69) is 17.6 Å². The van der Waals surface area contributed by atoms with Crippen LogP contribution in [0.2, 0.25) is 5.02 Å². The lowest BCUT2D eigenvalue weighted by Gasteiger charge is -2.30. The van der Waals surface area contributed by atoms with Crippen LogP contribution in [0.5, 0.6) is 0 Å². The van der Waals surface area contributed by atoms with Crippen molar-refractivity contribution in [1.82, 2.24) is 10.6 Å². The molecule has 0 aromatic heterocycles. The van der Waals surface area contributed by atoms with Gasteiger partial charge in [0.05, 0.1) is 6.42 Å². The van der Waals surface area contributed by atoms with E-state index in [0.717, 1.165) is 19.5 Å². The summed E-state index contributed by atoms with van der Waals surface area (Å²) >= 11 is 5.91. The normalized spacial score (nSPS) is 21.9. The summed E-state index contributed by atoms with van der Waals surface area (Å²) in [6.45, 7) is 3.85. The van der Waals surface area contributed by atoms with Crippen LogP contribution < -0.4 is 10.6 Å². The molecule has 3 nitrogen and oxygen atoms in total. The van der Waals surface area contributed by atoms with Crippen LogP contribution in [0.25, 0.3) is 0 Å². The maximum absolute atomic E-state index is 13.6. The zero-order valence-corrected chi connectivity index (χ0v) is 12.9. The van der Waals surface area contributed by atoms with Crippen LogP contribution in [0.4, 0.5) is 4.39 Å². The van der Waals surface area contributed by atoms with E-state index in [0.29, 0.717) is 10.9 Å². The standard InChI is InChI=1S/C14H18ClFN2O.ClH/c1-9-5-6-17-8-13(9)18-14(19)7-10-11(15)3-2-4-12(10)16;/h2-4,9,13,17H,5-8H2,1H3,(H,18,19);1H. The highest BCUT2D eigenvalue weighted by Gasteiger charge is 2.23. The Labute approximate surface area is 129 Å². The number of piperidine rings is 1. The summed E-state index contributed by atoms with van der Waals surface area (Å²) in [5.74, 6) is -0.189. The van der Waals surface area contributed by atoms with Crippen molar-refractivity contribution in [1.29, 1.82) is 0 Å². The fourth-order valence-electron chi connectivity index (χ4n) is 2.30. The molecule has 1 aliphatic rings. The van der Waals surface area contributed by atoms with Gasteiger partial charge in [-0.05, 0) is 31.0 Å². The predicted octanol–water partition coefficient (Wildman–Crippen LogP) is 2.56. The van der Waals surface area contributed by atoms with Crippen molar-refractivity contribution in [2.45, 2.75) is 25.8 Å². The largest absolute Gasteiger partial charge is 0.352 e. The van der Waals surface area contributed by atoms with Crippen LogP contribution in [0.3, 0.4) is 0 Å². The van der Waals surface area contributed by atoms with E-state index >= 15 is 0 Å². The molecule has 0 aliphatic carbocycles. The summed E-state index contributed by atoms with van der Waals surface area (Å²) in [5.41, 5.74) is 0.262. The molecule has 0 spiro atoms. The van der Waals surface area contributed by atoms with Crippen LogP contribution in [0.15, 0.2) is 18.2 Å². The highest BCUT2D eigenvalue weighted by molar-refractivity contribution is 6.31. The maximum atomic E-state index is 13.6. The molecule has 6 heteroatoms. The monoisotopic (exact) mass is 320 g/mol. The van der Waals surface area contributed by atoms with Gasteiger partial charge in [-0.15, -0.1) is 12.4 Å². The van der Waals surface area contributed by atoms with Gasteiger partial charge in [0.2, 0.25) is 5.91 Å². The Bertz CT molecular complexity index is 450. The first-order chi connectivity index (χ1) is 9.08. The molecule has 1 fully saturated rings. The third-order valence-corrected chi connectivity index (χ3v) is 3.93. The molecule has 1 aromatic rings. The fraction of sp³-hybridized carbons (Fsp3) is 0.500. The minimum atomic E-state index is -0.433. The predicted molar refractivity (Wildman–Crippen MR) is 80.9 cm³/mol. The summed E-state index contributed by atoms with van der Waals surface area (Å²) in [7, 11) is 0. The number of amides is 1. The van der Waals surface area contributed by atoms with Gasteiger partial charge in [0, 0.05) is 23.2 Å². The summed E-state index contributed by atoms with van der Waals surface area (Å²) in [4.78, 5) is 12.0. The molecule has 1 aliphatic heterocycles. The van der Waals surface area contributed by atoms with Crippen molar-refractivity contribution in [2.24, 2.45) is 5.92 Å². The van der Waals surface area contributed by atoms with E-state index in [1.165, 1.54) is 12.1 Å². The maximum Gasteiger partial charge on any atom is 0.224 e. The van der Waals surface area contributed by atoms with Gasteiger partial charge >= 0.3 is 0 Å². The molecular weight excluding hydrogens is 302 g/mol. The Balaban J connectivity index is 0.00000200. The van der Waals surface area contributed by atoms with Crippen LogP contribution in [0.1, 0.15) is 18.9 Å². The minimum absolute atomic E-state index is 0. The second-order valence-corrected chi connectivity index (χ2v) is 5.43. The lowest BCUT2D eigenvalue weighted by atomic mass is 9.94. The fourth-order valence-corrected chi connectivity index (χ4v) is 2.53. The molecule has 1 aromatic carbocycles. The molecule has 2 rings (SSSR count). The number of carbonyl (C=O) groups excluding carboxylic acids is 1. The molecule has 2 atom stereocenters. The van der Waals surface area contributed by atoms with Gasteiger partial charge in [-0.1, -0.05) is 24.6 Å². The highest BCUT2D eigenvalue weighted by atomic mass is 35.5. The van der Waals surface area contributed by atoms with Gasteiger partial charge in [-0.25, -0.2) is 4.39 Å². The molecule has 2 unspecified atom stereocenters. The minimum Gasteiger partial charge on any atom is -0.352 e. The van der Waals surface area contributed by atoms with Crippen LogP contribution in [-0.2, 0) is 11.2 Å². The number of rotatable bonds is 3. The van der Waals surface area contributed by atoms with Crippen molar-refractivity contribution < 1.29 is 9.18 Å². The van der Waals surface area contributed by atoms with Crippen molar-refractivity contribution in [3.05, 3.63) is 34.6 Å². The first-order valence-electron chi connectivity index (χ1n) is 6.51. The second-order valence-electron chi connectivity index (χ2n) is 5.02. The van der Waals surface area contributed by atoms with Crippen LogP contribution >= 0.6 is 24.0 Å². The quantitative estimate of drug-likeness (QED) is 0.898. The van der Waals surface area contributed by atoms with Crippen molar-refractivity contribution >= 4 is 29.9 Å². The summed E-state index contributed by atoms with van der Waals surface area (Å²) in [6.07, 6.45) is 1.01. The topological polar surface area (TPSA) is 41.1 Å². The third-order valence-electron chi connectivity index (χ3n) is 3.57. The van der Waals surface area contributed by atoms with Gasteiger partial charge in [0.15, 0.2) is 0 Å². The molecule has 1 amide bonds. The first-order valence-corrected chi connectivity index (χ1v) is 6.88. The van der Waals surface area contributed by atoms with E-state index in [-0.39, 0.29) is 36.3 Å². The van der Waals surface area contributed by atoms with Crippen molar-refractivity contribution in [2.75, 3.05) is 13.1 Å². The Morgan fingerprint density at radius 3 is 2.95 bits per heavy atom. The van der Waals surface area contributed by atoms with Crippen molar-refractivity contribution in [3.8, 4) is 0 Å². The number of hydrogen-bond donors (Lipinski definition) is 2. The lowest BCUT2D eigenvalue weighted by molar-refractivity contribution is -0.121. The van der Waals surface area contributed by atoms with E-state index in [9.17, 15) is 9.18 Å². The van der Waals surface area contributed by atoms with Gasteiger partial charge in [0.1, 0.15) is 5.82 Å². The number of halogens is 3. The third kappa shape index (κ3) is 4.33. The SMILES string of the molecule is CC1CCNCC1NC(=O)Cc1c(F)cccc1Cl.Cl. The average Bonchev–Trinajstić information content (AvgIpc) is 2.37. The van der Waals surface area contributed by atoms with Crippen LogP contribution in [0, 0.1) is 11.7 Å². The number of carbonyl (C=O) groups is 1. The summed E-state index contributed by atoms with van der Waals surface area (Å²) in [6, 6.07) is 4.55. The van der Waals surface area contributed by atoms with E-state index < -0.39 is 5.82 Å². The Hall–Kier alpha value is -0.840. The zero-order valence-electron chi connectivity index (χ0n) is 11.3. The second kappa shape index (κ2) is 7.81. The van der Waals surface area contributed by atoms with Gasteiger partial charge in [0.25, 0.3) is 0 Å². The number of nitrogens with one attached hydrogen (secondary N) is 2. The average molecular weight is 321 g/mol.